The van der Waals surface area contributed by atoms with E-state index in [-0.39, 0.29) is 12.4 Å². The Morgan fingerprint density at radius 3 is 1.45 bits per heavy atom. The first-order chi connectivity index (χ1) is 19.9. The van der Waals surface area contributed by atoms with Crippen LogP contribution in [0.3, 0.4) is 0 Å². The zero-order chi connectivity index (χ0) is 32.4. The van der Waals surface area contributed by atoms with Crippen molar-refractivity contribution in [3.8, 4) is 0 Å². The van der Waals surface area contributed by atoms with Crippen molar-refractivity contribution in [2.75, 3.05) is 19.8 Å². The lowest BCUT2D eigenvalue weighted by Gasteiger charge is -2.27. The maximum Gasteiger partial charge on any atom is 0.374 e. The number of Topliss-reactive ketones (excluding diaryl/α,β-unsaturated/α-hetero) is 3. The van der Waals surface area contributed by atoms with E-state index in [1.165, 1.54) is 26.8 Å². The summed E-state index contributed by atoms with van der Waals surface area (Å²) in [6.07, 6.45) is 7.15. The van der Waals surface area contributed by atoms with Crippen molar-refractivity contribution in [2.24, 2.45) is 0 Å². The van der Waals surface area contributed by atoms with Crippen molar-refractivity contribution < 1.29 is 43.0 Å². The zero-order valence-electron chi connectivity index (χ0n) is 25.5. The van der Waals surface area contributed by atoms with E-state index < -0.39 is 29.1 Å². The third kappa shape index (κ3) is 18.9. The molecule has 2 rings (SSSR count). The quantitative estimate of drug-likeness (QED) is 0.106. The molecule has 0 atom stereocenters. The minimum Gasteiger partial charge on any atom is -0.460 e. The number of allylic oxidation sites excluding steroid dienone is 2. The first-order valence-electron chi connectivity index (χ1n) is 13.3. The summed E-state index contributed by atoms with van der Waals surface area (Å²) in [4.78, 5) is 62.4. The van der Waals surface area contributed by atoms with Crippen LogP contribution in [0.5, 0.6) is 0 Å². The monoisotopic (exact) mass is 582 g/mol. The summed E-state index contributed by atoms with van der Waals surface area (Å²) in [5.41, 5.74) is 1.73. The summed E-state index contributed by atoms with van der Waals surface area (Å²) in [6.45, 7) is 12.0. The van der Waals surface area contributed by atoms with Crippen molar-refractivity contribution in [3.63, 3.8) is 0 Å². The molecule has 0 saturated carbocycles. The Morgan fingerprint density at radius 2 is 1.19 bits per heavy atom. The fraction of sp³-hybridized carbons (Fsp3) is 0.333. The van der Waals surface area contributed by atoms with Crippen LogP contribution >= 0.6 is 0 Å². The van der Waals surface area contributed by atoms with E-state index in [1.54, 1.807) is 38.1 Å². The Hall–Kier alpha value is -4.34. The van der Waals surface area contributed by atoms with Crippen molar-refractivity contribution in [3.05, 3.63) is 90.0 Å². The number of aldehydes is 1. The third-order valence-electron chi connectivity index (χ3n) is 4.67. The third-order valence-corrected chi connectivity index (χ3v) is 4.67. The first kappa shape index (κ1) is 39.8. The molecule has 0 fully saturated rings. The molecule has 0 spiro atoms. The molecule has 42 heavy (non-hydrogen) atoms. The summed E-state index contributed by atoms with van der Waals surface area (Å²) in [5, 5.41) is 0. The topological polar surface area (TPSA) is 130 Å². The average Bonchev–Trinajstić information content (AvgIpc) is 2.98. The van der Waals surface area contributed by atoms with Gasteiger partial charge in [0.2, 0.25) is 17.4 Å². The molecule has 0 aromatic heterocycles. The van der Waals surface area contributed by atoms with Crippen molar-refractivity contribution >= 4 is 41.5 Å². The van der Waals surface area contributed by atoms with Crippen LogP contribution in [0.2, 0.25) is 0 Å². The van der Waals surface area contributed by atoms with Gasteiger partial charge in [0.25, 0.3) is 0 Å². The van der Waals surface area contributed by atoms with Crippen LogP contribution in [0.25, 0.3) is 6.08 Å². The molecule has 9 heteroatoms. The number of ether oxygens (including phenoxy) is 3. The van der Waals surface area contributed by atoms with E-state index in [4.69, 9.17) is 9.47 Å². The van der Waals surface area contributed by atoms with Crippen LogP contribution in [0.1, 0.15) is 64.4 Å². The van der Waals surface area contributed by atoms with Gasteiger partial charge < -0.3 is 14.2 Å². The second kappa shape index (κ2) is 24.5. The number of hydrogen-bond acceptors (Lipinski definition) is 9. The van der Waals surface area contributed by atoms with Gasteiger partial charge in [0.05, 0.1) is 6.61 Å². The van der Waals surface area contributed by atoms with Gasteiger partial charge in [-0.2, -0.15) is 0 Å². The lowest BCUT2D eigenvalue weighted by atomic mass is 10.1. The highest BCUT2D eigenvalue weighted by molar-refractivity contribution is 6.40. The maximum atomic E-state index is 11.8. The Labute approximate surface area is 248 Å². The molecule has 0 aliphatic heterocycles. The Kier molecular flexibility index (Phi) is 23.2. The van der Waals surface area contributed by atoms with E-state index in [0.29, 0.717) is 13.2 Å². The lowest BCUT2D eigenvalue weighted by molar-refractivity contribution is -0.200. The molecular weight excluding hydrogens is 540 g/mol. The Morgan fingerprint density at radius 1 is 0.714 bits per heavy atom. The number of hydrogen-bond donors (Lipinski definition) is 0. The predicted octanol–water partition coefficient (Wildman–Crippen LogP) is 5.42. The second-order valence-electron chi connectivity index (χ2n) is 8.06. The van der Waals surface area contributed by atoms with Crippen LogP contribution < -0.4 is 0 Å². The minimum atomic E-state index is -1.26. The Balaban J connectivity index is 0. The number of ketones is 4. The molecule has 0 unspecified atom stereocenters. The van der Waals surface area contributed by atoms with Gasteiger partial charge >= 0.3 is 5.97 Å². The number of esters is 1. The molecule has 0 saturated heterocycles. The van der Waals surface area contributed by atoms with Gasteiger partial charge in [-0.1, -0.05) is 72.8 Å². The van der Waals surface area contributed by atoms with Gasteiger partial charge in [-0.05, 0) is 45.4 Å². The lowest BCUT2D eigenvalue weighted by Crippen LogP contribution is -2.41. The van der Waals surface area contributed by atoms with Gasteiger partial charge in [-0.3, -0.25) is 24.0 Å². The second-order valence-corrected chi connectivity index (χ2v) is 8.06. The molecule has 228 valence electrons. The fourth-order valence-corrected chi connectivity index (χ4v) is 2.69. The molecule has 0 heterocycles. The highest BCUT2D eigenvalue weighted by Crippen LogP contribution is 2.19. The highest BCUT2D eigenvalue weighted by atomic mass is 16.7. The predicted molar refractivity (Wildman–Crippen MR) is 162 cm³/mol. The fourth-order valence-electron chi connectivity index (χ4n) is 2.69. The molecule has 0 bridgehead atoms. The van der Waals surface area contributed by atoms with E-state index in [1.807, 2.05) is 68.5 Å². The average molecular weight is 583 g/mol. The van der Waals surface area contributed by atoms with Crippen molar-refractivity contribution in [1.82, 2.24) is 0 Å². The van der Waals surface area contributed by atoms with E-state index >= 15 is 0 Å². The molecular formula is C33H42O9. The molecule has 2 aromatic rings. The SMILES string of the molecule is CC=CC(=O)C(C)=O.CCOC(=O)C(C)=O.CCOC(C=Cc1ccccc1)(OCC)C(C)=O.O=Cc1ccccc1. The number of carbonyl (C=O) groups excluding carboxylic acids is 6. The molecule has 2 aromatic carbocycles. The van der Waals surface area contributed by atoms with E-state index in [0.717, 1.165) is 17.4 Å². The van der Waals surface area contributed by atoms with E-state index in [2.05, 4.69) is 4.74 Å². The normalized spacial score (nSPS) is 10.2. The standard InChI is InChI=1S/C15H20O3.C7H6O.C6H8O2.C5H8O3/c1-4-17-15(13(3)16,18-5-2)12-11-14-9-7-6-8-10-14;8-6-7-4-2-1-3-5-7;1-3-4-6(8)5(2)7;1-3-8-5(7)4(2)6/h6-12H,4-5H2,1-3H3;1-6H;3-4H,1-2H3;3H2,1-2H3. The highest BCUT2D eigenvalue weighted by Gasteiger charge is 2.34. The van der Waals surface area contributed by atoms with Crippen LogP contribution in [-0.2, 0) is 38.2 Å². The van der Waals surface area contributed by atoms with Gasteiger partial charge in [0.15, 0.2) is 11.6 Å². The van der Waals surface area contributed by atoms with Crippen LogP contribution in [-0.4, -0.2) is 61.0 Å². The number of benzene rings is 2. The molecule has 0 N–H and O–H groups in total. The molecule has 0 aliphatic carbocycles. The zero-order valence-corrected chi connectivity index (χ0v) is 25.5. The Bertz CT molecular complexity index is 1140. The van der Waals surface area contributed by atoms with Crippen molar-refractivity contribution in [2.45, 2.75) is 54.3 Å². The van der Waals surface area contributed by atoms with Crippen LogP contribution in [0.15, 0.2) is 78.9 Å². The molecule has 9 nitrogen and oxygen atoms in total. The molecule has 0 radical (unpaired) electrons. The van der Waals surface area contributed by atoms with Gasteiger partial charge in [0.1, 0.15) is 6.29 Å². The molecule has 0 aliphatic rings. The summed E-state index contributed by atoms with van der Waals surface area (Å²) in [7, 11) is 0. The summed E-state index contributed by atoms with van der Waals surface area (Å²) in [6, 6.07) is 18.8. The molecule has 0 amide bonds. The first-order valence-corrected chi connectivity index (χ1v) is 13.3. The van der Waals surface area contributed by atoms with Crippen LogP contribution in [0, 0.1) is 0 Å². The minimum absolute atomic E-state index is 0.154. The number of carbonyl (C=O) groups is 6. The largest absolute Gasteiger partial charge is 0.460 e. The van der Waals surface area contributed by atoms with Gasteiger partial charge in [-0.25, -0.2) is 4.79 Å². The van der Waals surface area contributed by atoms with Gasteiger partial charge in [0, 0.05) is 39.5 Å². The van der Waals surface area contributed by atoms with Crippen LogP contribution in [0.4, 0.5) is 0 Å². The summed E-state index contributed by atoms with van der Waals surface area (Å²) in [5.74, 6) is -3.58. The number of rotatable bonds is 12. The van der Waals surface area contributed by atoms with Crippen molar-refractivity contribution in [1.29, 1.82) is 0 Å². The maximum absolute atomic E-state index is 11.8. The smallest absolute Gasteiger partial charge is 0.374 e. The summed E-state index contributed by atoms with van der Waals surface area (Å²) >= 11 is 0. The summed E-state index contributed by atoms with van der Waals surface area (Å²) < 4.78 is 15.3. The van der Waals surface area contributed by atoms with E-state index in [9.17, 15) is 28.8 Å². The van der Waals surface area contributed by atoms with Gasteiger partial charge in [-0.15, -0.1) is 0 Å².